The van der Waals surface area contributed by atoms with E-state index in [9.17, 15) is 4.39 Å². The van der Waals surface area contributed by atoms with Crippen LogP contribution in [0.1, 0.15) is 0 Å². The molecule has 0 saturated carbocycles. The summed E-state index contributed by atoms with van der Waals surface area (Å²) in [7, 11) is 0. The van der Waals surface area contributed by atoms with Crippen LogP contribution in [-0.4, -0.2) is 19.9 Å². The van der Waals surface area contributed by atoms with Gasteiger partial charge in [0.2, 0.25) is 0 Å². The normalized spacial score (nSPS) is 10.6. The molecular formula is C14H11FN6. The van der Waals surface area contributed by atoms with Crippen molar-refractivity contribution in [1.29, 1.82) is 0 Å². The first-order chi connectivity index (χ1) is 10.2. The number of rotatable bonds is 3. The molecule has 0 atom stereocenters. The Morgan fingerprint density at radius 3 is 2.62 bits per heavy atom. The predicted octanol–water partition coefficient (Wildman–Crippen LogP) is 2.05. The van der Waals surface area contributed by atoms with Crippen molar-refractivity contribution in [2.24, 2.45) is 5.84 Å². The van der Waals surface area contributed by atoms with Gasteiger partial charge in [0.05, 0.1) is 11.9 Å². The molecule has 2 N–H and O–H groups in total. The molecule has 0 amide bonds. The van der Waals surface area contributed by atoms with Crippen LogP contribution < -0.4 is 10.9 Å². The molecule has 2 heterocycles. The molecule has 104 valence electrons. The number of halogens is 1. The summed E-state index contributed by atoms with van der Waals surface area (Å²) in [6.07, 6.45) is 4.34. The first kappa shape index (κ1) is 13.1. The summed E-state index contributed by atoms with van der Waals surface area (Å²) in [5.74, 6) is 5.86. The van der Waals surface area contributed by atoms with Crippen LogP contribution in [0.15, 0.2) is 49.6 Å². The van der Waals surface area contributed by atoms with E-state index < -0.39 is 0 Å². The molecule has 0 aliphatic rings. The molecule has 21 heavy (non-hydrogen) atoms. The molecule has 0 bridgehead atoms. The molecule has 0 fully saturated rings. The Hall–Kier alpha value is -2.93. The van der Waals surface area contributed by atoms with E-state index in [-0.39, 0.29) is 5.82 Å². The van der Waals surface area contributed by atoms with E-state index in [2.05, 4.69) is 26.5 Å². The minimum Gasteiger partial charge on any atom is -0.268 e. The van der Waals surface area contributed by atoms with E-state index in [1.165, 1.54) is 29.7 Å². The number of benzene rings is 1. The average Bonchev–Trinajstić information content (AvgIpc) is 2.54. The fourth-order valence-electron chi connectivity index (χ4n) is 1.86. The molecule has 0 saturated heterocycles. The van der Waals surface area contributed by atoms with Gasteiger partial charge in [-0.3, -0.25) is 5.01 Å². The second-order valence-corrected chi connectivity index (χ2v) is 4.22. The van der Waals surface area contributed by atoms with Crippen LogP contribution in [0.3, 0.4) is 0 Å². The van der Waals surface area contributed by atoms with Crippen molar-refractivity contribution in [2.45, 2.75) is 0 Å². The van der Waals surface area contributed by atoms with E-state index in [4.69, 9.17) is 5.84 Å². The van der Waals surface area contributed by atoms with Crippen LogP contribution >= 0.6 is 0 Å². The maximum Gasteiger partial charge on any atom is 0.183 e. The van der Waals surface area contributed by atoms with E-state index in [0.29, 0.717) is 22.7 Å². The molecular weight excluding hydrogens is 271 g/mol. The highest BCUT2D eigenvalue weighted by Gasteiger charge is 2.11. The summed E-state index contributed by atoms with van der Waals surface area (Å²) in [4.78, 5) is 16.8. The summed E-state index contributed by atoms with van der Waals surface area (Å²) in [6.45, 7) is 3.58. The molecule has 2 aromatic heterocycles. The Morgan fingerprint density at radius 2 is 1.90 bits per heavy atom. The molecule has 1 aromatic carbocycles. The van der Waals surface area contributed by atoms with E-state index in [0.717, 1.165) is 5.56 Å². The van der Waals surface area contributed by atoms with Gasteiger partial charge in [0.1, 0.15) is 12.1 Å². The molecule has 7 heteroatoms. The third kappa shape index (κ3) is 2.41. The number of hydrogen-bond donors (Lipinski definition) is 1. The minimum absolute atomic E-state index is 0.309. The Kier molecular flexibility index (Phi) is 3.25. The Balaban J connectivity index is 2.18. The third-order valence-electron chi connectivity index (χ3n) is 2.91. The maximum absolute atomic E-state index is 13.0. The largest absolute Gasteiger partial charge is 0.268 e. The molecule has 0 aliphatic heterocycles. The summed E-state index contributed by atoms with van der Waals surface area (Å²) in [5.41, 5.74) is 2.18. The highest BCUT2D eigenvalue weighted by atomic mass is 19.1. The fraction of sp³-hybridized carbons (Fsp3) is 0. The van der Waals surface area contributed by atoms with Gasteiger partial charge >= 0.3 is 0 Å². The number of nitrogens with two attached hydrogens (primary N) is 1. The number of fused-ring (bicyclic) bond motifs is 1. The fourth-order valence-corrected chi connectivity index (χ4v) is 1.86. The van der Waals surface area contributed by atoms with E-state index in [1.54, 1.807) is 18.3 Å². The van der Waals surface area contributed by atoms with Crippen LogP contribution in [0.5, 0.6) is 0 Å². The van der Waals surface area contributed by atoms with Gasteiger partial charge in [-0.15, -0.1) is 0 Å². The Bertz CT molecular complexity index is 802. The molecule has 0 aliphatic carbocycles. The summed E-state index contributed by atoms with van der Waals surface area (Å²) < 4.78 is 13.0. The summed E-state index contributed by atoms with van der Waals surface area (Å²) in [6, 6.07) is 5.98. The lowest BCUT2D eigenvalue weighted by molar-refractivity contribution is 0.628. The topological polar surface area (TPSA) is 80.8 Å². The smallest absolute Gasteiger partial charge is 0.183 e. The standard InChI is InChI=1S/C14H11FN6/c1-2-21(16)14-12-13(18-8-19-14)17-7-11(20-12)9-3-5-10(15)6-4-9/h2-8H,1,16H2. The quantitative estimate of drug-likeness (QED) is 0.585. The van der Waals surface area contributed by atoms with Gasteiger partial charge in [-0.05, 0) is 24.3 Å². The maximum atomic E-state index is 13.0. The van der Waals surface area contributed by atoms with Crippen molar-refractivity contribution < 1.29 is 4.39 Å². The van der Waals surface area contributed by atoms with Gasteiger partial charge < -0.3 is 0 Å². The number of hydrazine groups is 1. The number of aromatic nitrogens is 4. The van der Waals surface area contributed by atoms with Crippen molar-refractivity contribution in [3.63, 3.8) is 0 Å². The van der Waals surface area contributed by atoms with Crippen molar-refractivity contribution in [2.75, 3.05) is 5.01 Å². The van der Waals surface area contributed by atoms with Crippen molar-refractivity contribution in [3.8, 4) is 11.3 Å². The summed E-state index contributed by atoms with van der Waals surface area (Å²) in [5, 5.41) is 1.24. The van der Waals surface area contributed by atoms with Crippen molar-refractivity contribution in [1.82, 2.24) is 19.9 Å². The molecule has 3 aromatic rings. The number of hydrogen-bond acceptors (Lipinski definition) is 6. The molecule has 0 radical (unpaired) electrons. The summed E-state index contributed by atoms with van der Waals surface area (Å²) >= 11 is 0. The molecule has 3 rings (SSSR count). The van der Waals surface area contributed by atoms with Gasteiger partial charge in [0.15, 0.2) is 17.0 Å². The molecule has 0 spiro atoms. The number of anilines is 1. The second kappa shape index (κ2) is 5.22. The lowest BCUT2D eigenvalue weighted by Gasteiger charge is -2.13. The predicted molar refractivity (Wildman–Crippen MR) is 77.4 cm³/mol. The zero-order chi connectivity index (χ0) is 14.8. The zero-order valence-corrected chi connectivity index (χ0v) is 10.9. The van der Waals surface area contributed by atoms with Gasteiger partial charge in [-0.25, -0.2) is 30.2 Å². The van der Waals surface area contributed by atoms with Crippen molar-refractivity contribution in [3.05, 3.63) is 55.4 Å². The third-order valence-corrected chi connectivity index (χ3v) is 2.91. The average molecular weight is 282 g/mol. The van der Waals surface area contributed by atoms with Crippen molar-refractivity contribution >= 4 is 17.0 Å². The van der Waals surface area contributed by atoms with Gasteiger partial charge in [0.25, 0.3) is 0 Å². The Morgan fingerprint density at radius 1 is 1.14 bits per heavy atom. The van der Waals surface area contributed by atoms with Crippen LogP contribution in [0.4, 0.5) is 10.2 Å². The lowest BCUT2D eigenvalue weighted by Crippen LogP contribution is -2.25. The van der Waals surface area contributed by atoms with Gasteiger partial charge in [0, 0.05) is 11.8 Å². The van der Waals surface area contributed by atoms with Crippen LogP contribution in [0.25, 0.3) is 22.4 Å². The second-order valence-electron chi connectivity index (χ2n) is 4.22. The van der Waals surface area contributed by atoms with Gasteiger partial charge in [-0.2, -0.15) is 0 Å². The first-order valence-electron chi connectivity index (χ1n) is 6.09. The lowest BCUT2D eigenvalue weighted by atomic mass is 10.1. The number of nitrogens with zero attached hydrogens (tertiary/aromatic N) is 5. The molecule has 6 nitrogen and oxygen atoms in total. The SMILES string of the molecule is C=CN(N)c1ncnc2ncc(-c3ccc(F)cc3)nc12. The zero-order valence-electron chi connectivity index (χ0n) is 10.9. The van der Waals surface area contributed by atoms with Gasteiger partial charge in [-0.1, -0.05) is 6.58 Å². The highest BCUT2D eigenvalue weighted by Crippen LogP contribution is 2.22. The highest BCUT2D eigenvalue weighted by molar-refractivity contribution is 5.84. The van der Waals surface area contributed by atoms with E-state index >= 15 is 0 Å². The van der Waals surface area contributed by atoms with Crippen LogP contribution in [0, 0.1) is 5.82 Å². The first-order valence-corrected chi connectivity index (χ1v) is 6.09. The van der Waals surface area contributed by atoms with Crippen LogP contribution in [0.2, 0.25) is 0 Å². The van der Waals surface area contributed by atoms with Crippen LogP contribution in [-0.2, 0) is 0 Å². The minimum atomic E-state index is -0.309. The monoisotopic (exact) mass is 282 g/mol. The molecule has 0 unspecified atom stereocenters. The van der Waals surface area contributed by atoms with E-state index in [1.807, 2.05) is 0 Å². The Labute approximate surface area is 119 Å².